The Morgan fingerprint density at radius 3 is 2.59 bits per heavy atom. The summed E-state index contributed by atoms with van der Waals surface area (Å²) in [4.78, 5) is 9.51. The van der Waals surface area contributed by atoms with Crippen LogP contribution in [0.2, 0.25) is 0 Å². The second-order valence-electron chi connectivity index (χ2n) is 7.77. The molecule has 1 atom stereocenters. The van der Waals surface area contributed by atoms with E-state index in [0.717, 1.165) is 44.8 Å². The van der Waals surface area contributed by atoms with Gasteiger partial charge in [0.2, 0.25) is 0 Å². The Morgan fingerprint density at radius 1 is 1.10 bits per heavy atom. The number of hydrogen-bond donors (Lipinski definition) is 2. The van der Waals surface area contributed by atoms with Gasteiger partial charge in [-0.25, -0.2) is 0 Å². The molecule has 0 bridgehead atoms. The number of likely N-dealkylation sites (N-methyl/N-ethyl adjacent to an activating group) is 1. The second kappa shape index (κ2) is 11.5. The summed E-state index contributed by atoms with van der Waals surface area (Å²) in [5.41, 5.74) is 11.0. The molecule has 1 unspecified atom stereocenters. The minimum absolute atomic E-state index is 0. The van der Waals surface area contributed by atoms with E-state index in [1.165, 1.54) is 16.7 Å². The Bertz CT molecular complexity index is 793. The molecular formula is C23H34IN5. The van der Waals surface area contributed by atoms with Crippen molar-refractivity contribution in [2.45, 2.75) is 26.3 Å². The SMILES string of the molecule is Cc1ccc(NC(N)=NCCCN2CCN(C)CC2c2ccccc2)cc1C.I. The van der Waals surface area contributed by atoms with Crippen LogP contribution in [0.5, 0.6) is 0 Å². The molecule has 0 aromatic heterocycles. The van der Waals surface area contributed by atoms with Crippen LogP contribution < -0.4 is 11.1 Å². The van der Waals surface area contributed by atoms with Crippen molar-refractivity contribution < 1.29 is 0 Å². The molecule has 5 nitrogen and oxygen atoms in total. The molecule has 0 saturated carbocycles. The van der Waals surface area contributed by atoms with Gasteiger partial charge in [-0.2, -0.15) is 0 Å². The monoisotopic (exact) mass is 507 g/mol. The quantitative estimate of drug-likeness (QED) is 0.269. The summed E-state index contributed by atoms with van der Waals surface area (Å²) in [5.74, 6) is 0.487. The summed E-state index contributed by atoms with van der Waals surface area (Å²) in [5, 5.41) is 3.20. The molecule has 2 aromatic carbocycles. The van der Waals surface area contributed by atoms with Gasteiger partial charge in [-0.1, -0.05) is 36.4 Å². The van der Waals surface area contributed by atoms with Crippen molar-refractivity contribution in [2.75, 3.05) is 45.1 Å². The van der Waals surface area contributed by atoms with E-state index >= 15 is 0 Å². The Hall–Kier alpha value is -1.64. The lowest BCUT2D eigenvalue weighted by Gasteiger charge is -2.40. The molecule has 29 heavy (non-hydrogen) atoms. The lowest BCUT2D eigenvalue weighted by Crippen LogP contribution is -2.47. The normalized spacial score (nSPS) is 18.3. The van der Waals surface area contributed by atoms with Crippen LogP contribution in [0.25, 0.3) is 0 Å². The highest BCUT2D eigenvalue weighted by atomic mass is 127. The van der Waals surface area contributed by atoms with Crippen LogP contribution in [-0.4, -0.2) is 55.5 Å². The number of aliphatic imine (C=N–C) groups is 1. The van der Waals surface area contributed by atoms with E-state index in [1.54, 1.807) is 0 Å². The van der Waals surface area contributed by atoms with E-state index in [2.05, 4.69) is 83.5 Å². The van der Waals surface area contributed by atoms with Crippen LogP contribution in [0, 0.1) is 13.8 Å². The van der Waals surface area contributed by atoms with Crippen molar-refractivity contribution in [2.24, 2.45) is 10.7 Å². The second-order valence-corrected chi connectivity index (χ2v) is 7.77. The molecule has 3 N–H and O–H groups in total. The zero-order valence-electron chi connectivity index (χ0n) is 17.8. The van der Waals surface area contributed by atoms with Crippen molar-refractivity contribution in [3.63, 3.8) is 0 Å². The fourth-order valence-corrected chi connectivity index (χ4v) is 3.70. The Balaban J connectivity index is 0.00000300. The highest BCUT2D eigenvalue weighted by molar-refractivity contribution is 14.0. The van der Waals surface area contributed by atoms with Gasteiger partial charge in [-0.05, 0) is 56.1 Å². The van der Waals surface area contributed by atoms with Crippen molar-refractivity contribution in [3.05, 3.63) is 65.2 Å². The summed E-state index contributed by atoms with van der Waals surface area (Å²) < 4.78 is 0. The number of nitrogens with one attached hydrogen (secondary N) is 1. The van der Waals surface area contributed by atoms with Gasteiger partial charge in [-0.15, -0.1) is 24.0 Å². The lowest BCUT2D eigenvalue weighted by molar-refractivity contribution is 0.0894. The topological polar surface area (TPSA) is 56.9 Å². The molecule has 6 heteroatoms. The molecule has 1 saturated heterocycles. The predicted octanol–water partition coefficient (Wildman–Crippen LogP) is 4.03. The molecule has 158 valence electrons. The van der Waals surface area contributed by atoms with Gasteiger partial charge >= 0.3 is 0 Å². The average molecular weight is 507 g/mol. The molecule has 0 amide bonds. The number of piperazine rings is 1. The number of halogens is 1. The van der Waals surface area contributed by atoms with Crippen LogP contribution in [-0.2, 0) is 0 Å². The van der Waals surface area contributed by atoms with Crippen molar-refractivity contribution >= 4 is 35.6 Å². The number of aryl methyl sites for hydroxylation is 2. The molecule has 1 aliphatic rings. The van der Waals surface area contributed by atoms with Gasteiger partial charge in [0.1, 0.15) is 0 Å². The average Bonchev–Trinajstić information content (AvgIpc) is 2.69. The minimum Gasteiger partial charge on any atom is -0.370 e. The van der Waals surface area contributed by atoms with Crippen molar-refractivity contribution in [1.29, 1.82) is 0 Å². The predicted molar refractivity (Wildman–Crippen MR) is 134 cm³/mol. The van der Waals surface area contributed by atoms with E-state index in [1.807, 2.05) is 6.07 Å². The fraction of sp³-hybridized carbons (Fsp3) is 0.435. The third-order valence-corrected chi connectivity index (χ3v) is 5.54. The molecule has 3 rings (SSSR count). The maximum atomic E-state index is 6.07. The molecule has 1 fully saturated rings. The van der Waals surface area contributed by atoms with Crippen LogP contribution in [0.15, 0.2) is 53.5 Å². The van der Waals surface area contributed by atoms with Crippen molar-refractivity contribution in [1.82, 2.24) is 9.80 Å². The summed E-state index contributed by atoms with van der Waals surface area (Å²) in [6, 6.07) is 17.5. The van der Waals surface area contributed by atoms with Crippen LogP contribution in [0.4, 0.5) is 5.69 Å². The maximum absolute atomic E-state index is 6.07. The lowest BCUT2D eigenvalue weighted by atomic mass is 10.0. The van der Waals surface area contributed by atoms with Crippen LogP contribution in [0.3, 0.4) is 0 Å². The zero-order valence-corrected chi connectivity index (χ0v) is 20.1. The van der Waals surface area contributed by atoms with E-state index in [9.17, 15) is 0 Å². The number of guanidine groups is 1. The number of anilines is 1. The number of hydrogen-bond acceptors (Lipinski definition) is 3. The first-order valence-corrected chi connectivity index (χ1v) is 10.1. The van der Waals surface area contributed by atoms with Gasteiger partial charge in [0.25, 0.3) is 0 Å². The summed E-state index contributed by atoms with van der Waals surface area (Å²) in [6.45, 7) is 9.26. The highest BCUT2D eigenvalue weighted by Crippen LogP contribution is 2.24. The van der Waals surface area contributed by atoms with E-state index < -0.39 is 0 Å². The van der Waals surface area contributed by atoms with E-state index in [0.29, 0.717) is 12.0 Å². The van der Waals surface area contributed by atoms with E-state index in [4.69, 9.17) is 5.73 Å². The highest BCUT2D eigenvalue weighted by Gasteiger charge is 2.25. The third kappa shape index (κ3) is 6.97. The summed E-state index contributed by atoms with van der Waals surface area (Å²) in [6.07, 6.45) is 1.00. The number of nitrogens with zero attached hydrogens (tertiary/aromatic N) is 3. The summed E-state index contributed by atoms with van der Waals surface area (Å²) in [7, 11) is 2.21. The molecule has 1 heterocycles. The van der Waals surface area contributed by atoms with E-state index in [-0.39, 0.29) is 24.0 Å². The largest absolute Gasteiger partial charge is 0.370 e. The molecule has 0 spiro atoms. The van der Waals surface area contributed by atoms with Gasteiger partial charge in [-0.3, -0.25) is 9.89 Å². The molecule has 2 aromatic rings. The van der Waals surface area contributed by atoms with Crippen LogP contribution >= 0.6 is 24.0 Å². The Kier molecular flexibility index (Phi) is 9.39. The van der Waals surface area contributed by atoms with Crippen molar-refractivity contribution in [3.8, 4) is 0 Å². The third-order valence-electron chi connectivity index (χ3n) is 5.54. The number of nitrogens with two attached hydrogens (primary N) is 1. The minimum atomic E-state index is 0. The maximum Gasteiger partial charge on any atom is 0.193 e. The smallest absolute Gasteiger partial charge is 0.193 e. The molecule has 0 radical (unpaired) electrons. The van der Waals surface area contributed by atoms with Gasteiger partial charge in [0.15, 0.2) is 5.96 Å². The first-order valence-electron chi connectivity index (χ1n) is 10.1. The fourth-order valence-electron chi connectivity index (χ4n) is 3.70. The first-order chi connectivity index (χ1) is 13.5. The van der Waals surface area contributed by atoms with Gasteiger partial charge in [0, 0.05) is 44.5 Å². The van der Waals surface area contributed by atoms with Gasteiger partial charge in [0.05, 0.1) is 0 Å². The van der Waals surface area contributed by atoms with Crippen LogP contribution in [0.1, 0.15) is 29.2 Å². The Morgan fingerprint density at radius 2 is 1.86 bits per heavy atom. The van der Waals surface area contributed by atoms with Gasteiger partial charge < -0.3 is 16.0 Å². The zero-order chi connectivity index (χ0) is 19.9. The molecule has 0 aliphatic carbocycles. The molecule has 1 aliphatic heterocycles. The first kappa shape index (κ1) is 23.6. The molecular weight excluding hydrogens is 473 g/mol. The Labute approximate surface area is 192 Å². The summed E-state index contributed by atoms with van der Waals surface area (Å²) >= 11 is 0. The number of benzene rings is 2. The standard InChI is InChI=1S/C23H33N5.HI/c1-18-10-11-21(16-19(18)2)26-23(24)25-12-7-13-28-15-14-27(3)17-22(28)20-8-5-4-6-9-20;/h4-6,8-11,16,22H,7,12-15,17H2,1-3H3,(H3,24,25,26);1H. The number of rotatable bonds is 6.